The van der Waals surface area contributed by atoms with E-state index in [9.17, 15) is 9.90 Å². The molecule has 0 radical (unpaired) electrons. The topological polar surface area (TPSA) is 56.3 Å². The Morgan fingerprint density at radius 3 is 3.00 bits per heavy atom. The first-order chi connectivity index (χ1) is 10.7. The van der Waals surface area contributed by atoms with E-state index in [2.05, 4.69) is 17.1 Å². The lowest BCUT2D eigenvalue weighted by Crippen LogP contribution is -2.44. The molecule has 2 aromatic rings. The number of amides is 1. The highest BCUT2D eigenvalue weighted by Gasteiger charge is 2.52. The van der Waals surface area contributed by atoms with Gasteiger partial charge in [0.1, 0.15) is 0 Å². The number of nitrogens with zero attached hydrogens (tertiary/aromatic N) is 1. The Balaban J connectivity index is 1.44. The average molecular weight is 298 g/mol. The molecule has 2 N–H and O–H groups in total. The molecule has 1 saturated heterocycles. The average Bonchev–Trinajstić information content (AvgIpc) is 2.97. The molecular formula is C18H22N2O2. The van der Waals surface area contributed by atoms with E-state index < -0.39 is 5.60 Å². The Bertz CT molecular complexity index is 702. The van der Waals surface area contributed by atoms with Gasteiger partial charge in [-0.1, -0.05) is 18.2 Å². The van der Waals surface area contributed by atoms with Gasteiger partial charge in [-0.3, -0.25) is 4.79 Å². The molecule has 0 bridgehead atoms. The van der Waals surface area contributed by atoms with Gasteiger partial charge >= 0.3 is 0 Å². The second-order valence-corrected chi connectivity index (χ2v) is 6.71. The van der Waals surface area contributed by atoms with Crippen LogP contribution in [0.2, 0.25) is 0 Å². The van der Waals surface area contributed by atoms with Crippen molar-refractivity contribution in [3.05, 3.63) is 36.0 Å². The Hall–Kier alpha value is -1.81. The van der Waals surface area contributed by atoms with E-state index in [1.54, 1.807) is 0 Å². The number of likely N-dealkylation sites (tertiary alicyclic amines) is 1. The normalized spacial score (nSPS) is 23.1. The van der Waals surface area contributed by atoms with Crippen molar-refractivity contribution in [3.63, 3.8) is 0 Å². The molecule has 2 aliphatic rings. The third-order valence-corrected chi connectivity index (χ3v) is 5.24. The van der Waals surface area contributed by atoms with Gasteiger partial charge < -0.3 is 15.0 Å². The summed E-state index contributed by atoms with van der Waals surface area (Å²) >= 11 is 0. The van der Waals surface area contributed by atoms with E-state index in [-0.39, 0.29) is 11.9 Å². The first kappa shape index (κ1) is 13.8. The van der Waals surface area contributed by atoms with Crippen LogP contribution in [0, 0.1) is 0 Å². The monoisotopic (exact) mass is 298 g/mol. The van der Waals surface area contributed by atoms with Crippen molar-refractivity contribution >= 4 is 16.8 Å². The van der Waals surface area contributed by atoms with Crippen LogP contribution in [0.5, 0.6) is 0 Å². The summed E-state index contributed by atoms with van der Waals surface area (Å²) in [4.78, 5) is 17.8. The number of rotatable bonds is 4. The summed E-state index contributed by atoms with van der Waals surface area (Å²) in [5.41, 5.74) is 1.74. The number of fused-ring (bicyclic) bond motifs is 1. The van der Waals surface area contributed by atoms with Gasteiger partial charge in [0, 0.05) is 30.1 Å². The number of aromatic nitrogens is 1. The highest BCUT2D eigenvalue weighted by Crippen LogP contribution is 2.44. The Kier molecular flexibility index (Phi) is 3.22. The molecule has 1 atom stereocenters. The second kappa shape index (κ2) is 5.13. The highest BCUT2D eigenvalue weighted by molar-refractivity contribution is 5.84. The minimum Gasteiger partial charge on any atom is -0.388 e. The number of carbonyl (C=O) groups excluding carboxylic acids is 1. The molecule has 116 valence electrons. The SMILES string of the molecule is O=C(CCc1c[nH]c2ccccc12)N1CCCC1C1(O)CC1. The molecule has 0 spiro atoms. The molecule has 1 aliphatic carbocycles. The van der Waals surface area contributed by atoms with E-state index in [0.717, 1.165) is 44.2 Å². The molecule has 2 fully saturated rings. The third kappa shape index (κ3) is 2.31. The predicted octanol–water partition coefficient (Wildman–Crippen LogP) is 2.62. The van der Waals surface area contributed by atoms with Gasteiger partial charge in [-0.25, -0.2) is 0 Å². The molecule has 4 rings (SSSR count). The number of aryl methyl sites for hydroxylation is 1. The maximum absolute atomic E-state index is 12.6. The number of carbonyl (C=O) groups is 1. The van der Waals surface area contributed by atoms with Crippen LogP contribution in [0.4, 0.5) is 0 Å². The lowest BCUT2D eigenvalue weighted by Gasteiger charge is -2.28. The summed E-state index contributed by atoms with van der Waals surface area (Å²) in [5, 5.41) is 11.5. The fourth-order valence-corrected chi connectivity index (χ4v) is 3.81. The van der Waals surface area contributed by atoms with Crippen LogP contribution in [0.25, 0.3) is 10.9 Å². The van der Waals surface area contributed by atoms with E-state index in [1.807, 2.05) is 23.2 Å². The maximum Gasteiger partial charge on any atom is 0.223 e. The number of aliphatic hydroxyl groups is 1. The summed E-state index contributed by atoms with van der Waals surface area (Å²) in [6.07, 6.45) is 6.96. The molecule has 22 heavy (non-hydrogen) atoms. The van der Waals surface area contributed by atoms with Gasteiger partial charge in [0.05, 0.1) is 11.6 Å². The molecule has 1 aromatic carbocycles. The Labute approximate surface area is 130 Å². The van der Waals surface area contributed by atoms with Crippen LogP contribution >= 0.6 is 0 Å². The zero-order valence-corrected chi connectivity index (χ0v) is 12.7. The van der Waals surface area contributed by atoms with E-state index in [4.69, 9.17) is 0 Å². The van der Waals surface area contributed by atoms with Gasteiger partial charge in [0.25, 0.3) is 0 Å². The number of aromatic amines is 1. The summed E-state index contributed by atoms with van der Waals surface area (Å²) in [6.45, 7) is 0.805. The number of hydrogen-bond donors (Lipinski definition) is 2. The molecule has 1 unspecified atom stereocenters. The molecule has 4 heteroatoms. The van der Waals surface area contributed by atoms with Gasteiger partial charge in [-0.05, 0) is 43.7 Å². The van der Waals surface area contributed by atoms with Crippen LogP contribution in [-0.2, 0) is 11.2 Å². The summed E-state index contributed by atoms with van der Waals surface area (Å²) in [6, 6.07) is 8.25. The van der Waals surface area contributed by atoms with Gasteiger partial charge in [0.15, 0.2) is 0 Å². The molecule has 1 saturated carbocycles. The van der Waals surface area contributed by atoms with Crippen molar-refractivity contribution in [1.29, 1.82) is 0 Å². The maximum atomic E-state index is 12.6. The Morgan fingerprint density at radius 1 is 1.36 bits per heavy atom. The molecule has 1 aromatic heterocycles. The van der Waals surface area contributed by atoms with Crippen LogP contribution < -0.4 is 0 Å². The van der Waals surface area contributed by atoms with E-state index >= 15 is 0 Å². The van der Waals surface area contributed by atoms with Crippen molar-refractivity contribution in [2.75, 3.05) is 6.54 Å². The minimum absolute atomic E-state index is 0.0583. The molecule has 2 heterocycles. The van der Waals surface area contributed by atoms with Crippen LogP contribution in [0.3, 0.4) is 0 Å². The lowest BCUT2D eigenvalue weighted by atomic mass is 10.1. The summed E-state index contributed by atoms with van der Waals surface area (Å²) in [5.74, 6) is 0.188. The van der Waals surface area contributed by atoms with Crippen molar-refractivity contribution in [1.82, 2.24) is 9.88 Å². The van der Waals surface area contributed by atoms with Gasteiger partial charge in [-0.15, -0.1) is 0 Å². The second-order valence-electron chi connectivity index (χ2n) is 6.71. The number of para-hydroxylation sites is 1. The zero-order valence-electron chi connectivity index (χ0n) is 12.7. The van der Waals surface area contributed by atoms with E-state index in [0.29, 0.717) is 6.42 Å². The van der Waals surface area contributed by atoms with Gasteiger partial charge in [-0.2, -0.15) is 0 Å². The minimum atomic E-state index is -0.576. The number of H-pyrrole nitrogens is 1. The number of benzene rings is 1. The third-order valence-electron chi connectivity index (χ3n) is 5.24. The lowest BCUT2D eigenvalue weighted by molar-refractivity contribution is -0.134. The fourth-order valence-electron chi connectivity index (χ4n) is 3.81. The van der Waals surface area contributed by atoms with Crippen LogP contribution in [0.1, 0.15) is 37.7 Å². The molecule has 4 nitrogen and oxygen atoms in total. The molecule has 1 amide bonds. The highest BCUT2D eigenvalue weighted by atomic mass is 16.3. The van der Waals surface area contributed by atoms with Crippen molar-refractivity contribution in [2.24, 2.45) is 0 Å². The summed E-state index contributed by atoms with van der Waals surface area (Å²) < 4.78 is 0. The van der Waals surface area contributed by atoms with E-state index in [1.165, 1.54) is 10.9 Å². The zero-order chi connectivity index (χ0) is 15.2. The van der Waals surface area contributed by atoms with Crippen molar-refractivity contribution < 1.29 is 9.90 Å². The molecular weight excluding hydrogens is 276 g/mol. The predicted molar refractivity (Wildman–Crippen MR) is 85.5 cm³/mol. The Morgan fingerprint density at radius 2 is 2.18 bits per heavy atom. The van der Waals surface area contributed by atoms with Crippen molar-refractivity contribution in [2.45, 2.75) is 50.2 Å². The largest absolute Gasteiger partial charge is 0.388 e. The number of nitrogens with one attached hydrogen (secondary N) is 1. The van der Waals surface area contributed by atoms with Crippen LogP contribution in [-0.4, -0.2) is 39.1 Å². The quantitative estimate of drug-likeness (QED) is 0.911. The standard InChI is InChI=1S/C18H22N2O2/c21-17(20-11-3-6-16(20)18(22)9-10-18)8-7-13-12-19-15-5-2-1-4-14(13)15/h1-2,4-5,12,16,19,22H,3,6-11H2. The molecule has 1 aliphatic heterocycles. The fraction of sp³-hybridized carbons (Fsp3) is 0.500. The first-order valence-electron chi connectivity index (χ1n) is 8.24. The smallest absolute Gasteiger partial charge is 0.223 e. The summed E-state index contributed by atoms with van der Waals surface area (Å²) in [7, 11) is 0. The van der Waals surface area contributed by atoms with Gasteiger partial charge in [0.2, 0.25) is 5.91 Å². The van der Waals surface area contributed by atoms with Crippen molar-refractivity contribution in [3.8, 4) is 0 Å². The van der Waals surface area contributed by atoms with Crippen LogP contribution in [0.15, 0.2) is 30.5 Å². The number of hydrogen-bond acceptors (Lipinski definition) is 2. The first-order valence-corrected chi connectivity index (χ1v) is 8.24.